The van der Waals surface area contributed by atoms with Crippen molar-refractivity contribution < 1.29 is 14.6 Å². The monoisotopic (exact) mass is 289 g/mol. The van der Waals surface area contributed by atoms with Crippen LogP contribution in [0.1, 0.15) is 30.9 Å². The van der Waals surface area contributed by atoms with Crippen molar-refractivity contribution in [3.05, 3.63) is 41.5 Å². The topological polar surface area (TPSA) is 49.8 Å². The largest absolute Gasteiger partial charge is 0.478 e. The van der Waals surface area contributed by atoms with Crippen LogP contribution in [0, 0.1) is 0 Å². The molecule has 1 heterocycles. The molecule has 0 spiro atoms. The maximum atomic E-state index is 10.5. The lowest BCUT2D eigenvalue weighted by atomic mass is 10.1. The molecule has 0 aromatic heterocycles. The highest BCUT2D eigenvalue weighted by atomic mass is 16.5. The van der Waals surface area contributed by atoms with E-state index in [1.54, 1.807) is 6.08 Å². The second kappa shape index (κ2) is 7.96. The smallest absolute Gasteiger partial charge is 0.328 e. The van der Waals surface area contributed by atoms with Crippen LogP contribution in [0.2, 0.25) is 0 Å². The summed E-state index contributed by atoms with van der Waals surface area (Å²) in [5, 5.41) is 8.61. The molecule has 0 saturated carbocycles. The van der Waals surface area contributed by atoms with E-state index in [1.807, 2.05) is 19.1 Å². The van der Waals surface area contributed by atoms with E-state index >= 15 is 0 Å². The number of benzene rings is 1. The predicted octanol–water partition coefficient (Wildman–Crippen LogP) is 2.79. The number of ether oxygens (including phenoxy) is 1. The average Bonchev–Trinajstić information content (AvgIpc) is 2.47. The molecule has 1 aromatic rings. The molecule has 1 fully saturated rings. The molecule has 1 N–H and O–H groups in total. The third-order valence-corrected chi connectivity index (χ3v) is 3.67. The Balaban J connectivity index is 1.89. The van der Waals surface area contributed by atoms with Gasteiger partial charge < -0.3 is 9.84 Å². The maximum Gasteiger partial charge on any atom is 0.328 e. The fourth-order valence-corrected chi connectivity index (χ4v) is 2.69. The van der Waals surface area contributed by atoms with E-state index in [9.17, 15) is 4.79 Å². The van der Waals surface area contributed by atoms with Gasteiger partial charge in [0.25, 0.3) is 0 Å². The molecule has 4 nitrogen and oxygen atoms in total. The highest BCUT2D eigenvalue weighted by Gasteiger charge is 2.19. The molecular weight excluding hydrogens is 266 g/mol. The van der Waals surface area contributed by atoms with Crippen molar-refractivity contribution in [2.24, 2.45) is 0 Å². The number of likely N-dealkylation sites (tertiary alicyclic amines) is 1. The highest BCUT2D eigenvalue weighted by molar-refractivity contribution is 5.85. The van der Waals surface area contributed by atoms with Crippen LogP contribution < -0.4 is 0 Å². The van der Waals surface area contributed by atoms with Crippen LogP contribution in [0.3, 0.4) is 0 Å². The molecule has 0 amide bonds. The van der Waals surface area contributed by atoms with Gasteiger partial charge in [-0.15, -0.1) is 0 Å². The zero-order valence-electron chi connectivity index (χ0n) is 12.5. The molecule has 2 rings (SSSR count). The van der Waals surface area contributed by atoms with Crippen LogP contribution in [-0.2, 0) is 16.1 Å². The number of aliphatic carboxylic acids is 1. The van der Waals surface area contributed by atoms with Crippen molar-refractivity contribution in [3.63, 3.8) is 0 Å². The van der Waals surface area contributed by atoms with Crippen LogP contribution in [0.25, 0.3) is 6.08 Å². The first-order chi connectivity index (χ1) is 10.2. The summed E-state index contributed by atoms with van der Waals surface area (Å²) < 4.78 is 5.72. The lowest BCUT2D eigenvalue weighted by Crippen LogP contribution is -2.39. The summed E-state index contributed by atoms with van der Waals surface area (Å²) in [6.45, 7) is 5.86. The van der Waals surface area contributed by atoms with Gasteiger partial charge in [0, 0.05) is 25.8 Å². The van der Waals surface area contributed by atoms with E-state index in [-0.39, 0.29) is 0 Å². The maximum absolute atomic E-state index is 10.5. The number of hydrogen-bond acceptors (Lipinski definition) is 3. The number of piperidine rings is 1. The Morgan fingerprint density at radius 1 is 1.43 bits per heavy atom. The first-order valence-electron chi connectivity index (χ1n) is 7.51. The van der Waals surface area contributed by atoms with Gasteiger partial charge in [-0.2, -0.15) is 0 Å². The molecule has 1 aliphatic rings. The Morgan fingerprint density at radius 3 is 2.86 bits per heavy atom. The quantitative estimate of drug-likeness (QED) is 0.818. The van der Waals surface area contributed by atoms with E-state index in [1.165, 1.54) is 12.0 Å². The Bertz CT molecular complexity index is 479. The van der Waals surface area contributed by atoms with Gasteiger partial charge in [0.2, 0.25) is 0 Å². The Kier molecular flexibility index (Phi) is 5.96. The molecule has 0 radical (unpaired) electrons. The van der Waals surface area contributed by atoms with Gasteiger partial charge in [0.1, 0.15) is 0 Å². The van der Waals surface area contributed by atoms with Gasteiger partial charge >= 0.3 is 5.97 Å². The van der Waals surface area contributed by atoms with Gasteiger partial charge in [-0.05, 0) is 43.5 Å². The lowest BCUT2D eigenvalue weighted by Gasteiger charge is -2.32. The number of carboxylic acids is 1. The van der Waals surface area contributed by atoms with Crippen LogP contribution in [0.4, 0.5) is 0 Å². The summed E-state index contributed by atoms with van der Waals surface area (Å²) in [6, 6.07) is 8.04. The average molecular weight is 289 g/mol. The highest BCUT2D eigenvalue weighted by Crippen LogP contribution is 2.16. The second-order valence-corrected chi connectivity index (χ2v) is 5.37. The molecule has 4 heteroatoms. The van der Waals surface area contributed by atoms with Crippen LogP contribution in [0.15, 0.2) is 30.3 Å². The summed E-state index contributed by atoms with van der Waals surface area (Å²) in [5.74, 6) is -0.922. The van der Waals surface area contributed by atoms with Crippen LogP contribution in [0.5, 0.6) is 0 Å². The molecule has 1 aromatic carbocycles. The normalized spacial score (nSPS) is 20.0. The van der Waals surface area contributed by atoms with E-state index in [2.05, 4.69) is 17.0 Å². The van der Waals surface area contributed by atoms with Crippen LogP contribution in [-0.4, -0.2) is 41.8 Å². The van der Waals surface area contributed by atoms with Gasteiger partial charge in [-0.3, -0.25) is 4.90 Å². The standard InChI is InChI=1S/C17H23NO3/c1-2-21-16-4-3-11-18(13-16)12-15-7-5-14(6-8-15)9-10-17(19)20/h5-10,16H,2-4,11-13H2,1H3,(H,19,20). The molecule has 1 atom stereocenters. The predicted molar refractivity (Wildman–Crippen MR) is 83.0 cm³/mol. The molecule has 0 aliphatic carbocycles. The van der Waals surface area contributed by atoms with Crippen molar-refractivity contribution in [1.29, 1.82) is 0 Å². The third kappa shape index (κ3) is 5.33. The summed E-state index contributed by atoms with van der Waals surface area (Å²) in [6.07, 6.45) is 5.47. The van der Waals surface area contributed by atoms with Crippen molar-refractivity contribution in [2.75, 3.05) is 19.7 Å². The molecule has 1 unspecified atom stereocenters. The molecular formula is C17H23NO3. The fourth-order valence-electron chi connectivity index (χ4n) is 2.69. The number of carboxylic acid groups (broad SMARTS) is 1. The Morgan fingerprint density at radius 2 is 2.19 bits per heavy atom. The van der Waals surface area contributed by atoms with Gasteiger partial charge in [0.15, 0.2) is 0 Å². The van der Waals surface area contributed by atoms with Gasteiger partial charge in [-0.25, -0.2) is 4.79 Å². The molecule has 114 valence electrons. The molecule has 1 saturated heterocycles. The van der Waals surface area contributed by atoms with E-state index in [0.29, 0.717) is 6.10 Å². The van der Waals surface area contributed by atoms with Gasteiger partial charge in [0.05, 0.1) is 6.10 Å². The zero-order chi connectivity index (χ0) is 15.1. The number of carbonyl (C=O) groups is 1. The van der Waals surface area contributed by atoms with E-state index < -0.39 is 5.97 Å². The van der Waals surface area contributed by atoms with Crippen molar-refractivity contribution >= 4 is 12.0 Å². The second-order valence-electron chi connectivity index (χ2n) is 5.37. The first-order valence-corrected chi connectivity index (χ1v) is 7.51. The first kappa shape index (κ1) is 15.7. The van der Waals surface area contributed by atoms with Crippen molar-refractivity contribution in [3.8, 4) is 0 Å². The molecule has 21 heavy (non-hydrogen) atoms. The van der Waals surface area contributed by atoms with Crippen molar-refractivity contribution in [2.45, 2.75) is 32.4 Å². The number of nitrogens with zero attached hydrogens (tertiary/aromatic N) is 1. The minimum Gasteiger partial charge on any atom is -0.478 e. The number of rotatable bonds is 6. The Labute approximate surface area is 126 Å². The fraction of sp³-hybridized carbons (Fsp3) is 0.471. The van der Waals surface area contributed by atoms with E-state index in [4.69, 9.17) is 9.84 Å². The van der Waals surface area contributed by atoms with E-state index in [0.717, 1.165) is 44.3 Å². The zero-order valence-corrected chi connectivity index (χ0v) is 12.5. The minimum atomic E-state index is -0.922. The number of hydrogen-bond donors (Lipinski definition) is 1. The molecule has 1 aliphatic heterocycles. The SMILES string of the molecule is CCOC1CCCN(Cc2ccc(C=CC(=O)O)cc2)C1. The van der Waals surface area contributed by atoms with Crippen molar-refractivity contribution in [1.82, 2.24) is 4.90 Å². The van der Waals surface area contributed by atoms with Gasteiger partial charge in [-0.1, -0.05) is 24.3 Å². The summed E-state index contributed by atoms with van der Waals surface area (Å²) in [7, 11) is 0. The summed E-state index contributed by atoms with van der Waals surface area (Å²) >= 11 is 0. The Hall–Kier alpha value is -1.65. The van der Waals surface area contributed by atoms with Crippen LogP contribution >= 0.6 is 0 Å². The molecule has 0 bridgehead atoms. The third-order valence-electron chi connectivity index (χ3n) is 3.67. The summed E-state index contributed by atoms with van der Waals surface area (Å²) in [4.78, 5) is 12.9. The summed E-state index contributed by atoms with van der Waals surface area (Å²) in [5.41, 5.74) is 2.16. The minimum absolute atomic E-state index is 0.363. The lowest BCUT2D eigenvalue weighted by molar-refractivity contribution is -0.131.